The van der Waals surface area contributed by atoms with Crippen LogP contribution in [0, 0.1) is 0 Å². The van der Waals surface area contributed by atoms with Crippen molar-refractivity contribution in [3.05, 3.63) is 205 Å². The maximum absolute atomic E-state index is 2.40. The molecule has 1 aromatic heterocycles. The van der Waals surface area contributed by atoms with E-state index in [-0.39, 0.29) is 5.41 Å². The first-order chi connectivity index (χ1) is 29.5. The van der Waals surface area contributed by atoms with Gasteiger partial charge in [-0.25, -0.2) is 0 Å². The van der Waals surface area contributed by atoms with Gasteiger partial charge in [0.1, 0.15) is 0 Å². The summed E-state index contributed by atoms with van der Waals surface area (Å²) >= 11 is 1.94. The summed E-state index contributed by atoms with van der Waals surface area (Å²) in [6.45, 7) is 4.79. The molecule has 1 aliphatic carbocycles. The van der Waals surface area contributed by atoms with Crippen LogP contribution in [0.25, 0.3) is 119 Å². The van der Waals surface area contributed by atoms with Gasteiger partial charge >= 0.3 is 0 Å². The SMILES string of the molecule is CC1(C)c2ccccc2-c2ccc3sc4c5ccc(-c6ccc7cc(-c8c9ccccc9c(-c9cccc%10ccccc9%10)c9ccccc89)ccc7c6)cc5ccc4c3c21. The number of fused-ring (bicyclic) bond motifs is 13. The molecular formula is C59H38S. The van der Waals surface area contributed by atoms with Crippen LogP contribution in [0.4, 0.5) is 0 Å². The number of benzene rings is 11. The fourth-order valence-corrected chi connectivity index (χ4v) is 12.1. The van der Waals surface area contributed by atoms with Gasteiger partial charge in [0.05, 0.1) is 0 Å². The molecule has 12 aromatic rings. The summed E-state index contributed by atoms with van der Waals surface area (Å²) in [5.41, 5.74) is 13.2. The van der Waals surface area contributed by atoms with Crippen molar-refractivity contribution in [2.75, 3.05) is 0 Å². The smallest absolute Gasteiger partial charge is 0.0433 e. The van der Waals surface area contributed by atoms with Crippen LogP contribution in [-0.2, 0) is 5.41 Å². The van der Waals surface area contributed by atoms with E-state index in [1.54, 1.807) is 0 Å². The van der Waals surface area contributed by atoms with E-state index >= 15 is 0 Å². The van der Waals surface area contributed by atoms with Crippen molar-refractivity contribution < 1.29 is 0 Å². The Balaban J connectivity index is 0.916. The Kier molecular flexibility index (Phi) is 7.04. The van der Waals surface area contributed by atoms with Crippen molar-refractivity contribution >= 4 is 85.4 Å². The average Bonchev–Trinajstić information content (AvgIpc) is 3.79. The molecule has 0 bridgehead atoms. The van der Waals surface area contributed by atoms with Crippen LogP contribution in [0.3, 0.4) is 0 Å². The van der Waals surface area contributed by atoms with Crippen molar-refractivity contribution in [3.63, 3.8) is 0 Å². The molecule has 60 heavy (non-hydrogen) atoms. The topological polar surface area (TPSA) is 0 Å². The molecule has 1 aliphatic rings. The van der Waals surface area contributed by atoms with E-state index in [1.165, 1.54) is 130 Å². The molecule has 0 saturated carbocycles. The van der Waals surface area contributed by atoms with Crippen LogP contribution in [-0.4, -0.2) is 0 Å². The second-order valence-electron chi connectivity index (χ2n) is 17.2. The summed E-state index contributed by atoms with van der Waals surface area (Å²) in [6, 6.07) is 72.8. The van der Waals surface area contributed by atoms with Gasteiger partial charge in [0.15, 0.2) is 0 Å². The summed E-state index contributed by atoms with van der Waals surface area (Å²) in [5.74, 6) is 0. The molecule has 1 heteroatoms. The Morgan fingerprint density at radius 3 is 1.67 bits per heavy atom. The largest absolute Gasteiger partial charge is 0.135 e. The fraction of sp³-hybridized carbons (Fsp3) is 0.0508. The van der Waals surface area contributed by atoms with Crippen molar-refractivity contribution in [3.8, 4) is 44.5 Å². The lowest BCUT2D eigenvalue weighted by atomic mass is 9.80. The molecule has 0 N–H and O–H groups in total. The molecule has 1 heterocycles. The highest BCUT2D eigenvalue weighted by atomic mass is 32.1. The maximum atomic E-state index is 2.40. The minimum atomic E-state index is -0.0423. The average molecular weight is 779 g/mol. The summed E-state index contributed by atoms with van der Waals surface area (Å²) in [7, 11) is 0. The molecule has 0 radical (unpaired) electrons. The van der Waals surface area contributed by atoms with Gasteiger partial charge in [-0.3, -0.25) is 0 Å². The van der Waals surface area contributed by atoms with Gasteiger partial charge in [-0.05, 0) is 134 Å². The van der Waals surface area contributed by atoms with Crippen LogP contribution in [0.2, 0.25) is 0 Å². The number of rotatable bonds is 3. The molecule has 0 saturated heterocycles. The quantitative estimate of drug-likeness (QED) is 0.157. The molecule has 0 nitrogen and oxygen atoms in total. The monoisotopic (exact) mass is 778 g/mol. The Hall–Kier alpha value is -7.06. The Labute approximate surface area is 352 Å². The first-order valence-corrected chi connectivity index (χ1v) is 21.8. The lowest BCUT2D eigenvalue weighted by Gasteiger charge is -2.22. The number of thiophene rings is 1. The van der Waals surface area contributed by atoms with Crippen LogP contribution >= 0.6 is 11.3 Å². The van der Waals surface area contributed by atoms with E-state index in [1.807, 2.05) is 11.3 Å². The van der Waals surface area contributed by atoms with Gasteiger partial charge in [0, 0.05) is 25.6 Å². The Bertz CT molecular complexity index is 3740. The molecule has 11 aromatic carbocycles. The molecule has 13 rings (SSSR count). The molecule has 0 fully saturated rings. The van der Waals surface area contributed by atoms with Crippen molar-refractivity contribution in [1.29, 1.82) is 0 Å². The van der Waals surface area contributed by atoms with Gasteiger partial charge in [-0.2, -0.15) is 0 Å². The predicted molar refractivity (Wildman–Crippen MR) is 261 cm³/mol. The molecule has 0 aliphatic heterocycles. The zero-order valence-corrected chi connectivity index (χ0v) is 34.2. The van der Waals surface area contributed by atoms with Crippen LogP contribution < -0.4 is 0 Å². The maximum Gasteiger partial charge on any atom is 0.0433 e. The van der Waals surface area contributed by atoms with E-state index < -0.39 is 0 Å². The van der Waals surface area contributed by atoms with Gasteiger partial charge < -0.3 is 0 Å². The number of hydrogen-bond donors (Lipinski definition) is 0. The third-order valence-corrected chi connectivity index (χ3v) is 14.8. The summed E-state index contributed by atoms with van der Waals surface area (Å²) in [4.78, 5) is 0. The first kappa shape index (κ1) is 33.9. The zero-order chi connectivity index (χ0) is 39.7. The van der Waals surface area contributed by atoms with Gasteiger partial charge in [0.2, 0.25) is 0 Å². The third-order valence-electron chi connectivity index (χ3n) is 13.6. The third kappa shape index (κ3) is 4.73. The molecular weight excluding hydrogens is 741 g/mol. The Morgan fingerprint density at radius 2 is 0.900 bits per heavy atom. The first-order valence-electron chi connectivity index (χ1n) is 21.0. The molecule has 0 unspecified atom stereocenters. The molecule has 0 amide bonds. The van der Waals surface area contributed by atoms with Gasteiger partial charge in [-0.15, -0.1) is 11.3 Å². The van der Waals surface area contributed by atoms with Crippen molar-refractivity contribution in [2.45, 2.75) is 19.3 Å². The van der Waals surface area contributed by atoms with Crippen LogP contribution in [0.1, 0.15) is 25.0 Å². The zero-order valence-electron chi connectivity index (χ0n) is 33.4. The van der Waals surface area contributed by atoms with Crippen LogP contribution in [0.15, 0.2) is 194 Å². The van der Waals surface area contributed by atoms with E-state index in [4.69, 9.17) is 0 Å². The number of hydrogen-bond acceptors (Lipinski definition) is 1. The van der Waals surface area contributed by atoms with Crippen LogP contribution in [0.5, 0.6) is 0 Å². The second-order valence-corrected chi connectivity index (χ2v) is 18.2. The van der Waals surface area contributed by atoms with E-state index in [0.29, 0.717) is 0 Å². The van der Waals surface area contributed by atoms with Gasteiger partial charge in [0.25, 0.3) is 0 Å². The standard InChI is InChI=1S/C59H38S/c1-59(2)52-21-10-9-15-44(52)50-30-31-53-56(57(50)59)51-29-27-40-33-39(26-28-43(40)58(51)60-53)36-22-23-38-34-41(25-24-37(38)32-36)54-46-16-5-7-18-48(46)55(49-19-8-6-17-47(49)54)45-20-11-13-35-12-3-4-14-42(35)45/h3-34H,1-2H3. The molecule has 0 spiro atoms. The highest BCUT2D eigenvalue weighted by Gasteiger charge is 2.37. The van der Waals surface area contributed by atoms with E-state index in [0.717, 1.165) is 0 Å². The Morgan fingerprint density at radius 1 is 0.350 bits per heavy atom. The van der Waals surface area contributed by atoms with Crippen molar-refractivity contribution in [2.24, 2.45) is 0 Å². The minimum absolute atomic E-state index is 0.0423. The van der Waals surface area contributed by atoms with Crippen molar-refractivity contribution in [1.82, 2.24) is 0 Å². The van der Waals surface area contributed by atoms with E-state index in [2.05, 4.69) is 208 Å². The highest BCUT2D eigenvalue weighted by Crippen LogP contribution is 2.54. The van der Waals surface area contributed by atoms with E-state index in [9.17, 15) is 0 Å². The summed E-state index contributed by atoms with van der Waals surface area (Å²) in [5, 5.41) is 15.6. The predicted octanol–water partition coefficient (Wildman–Crippen LogP) is 17.1. The van der Waals surface area contributed by atoms with Gasteiger partial charge in [-0.1, -0.05) is 184 Å². The second kappa shape index (κ2) is 12.5. The molecule has 0 atom stereocenters. The highest BCUT2D eigenvalue weighted by molar-refractivity contribution is 7.26. The summed E-state index contributed by atoms with van der Waals surface area (Å²) < 4.78 is 2.75. The fourth-order valence-electron chi connectivity index (χ4n) is 10.9. The lowest BCUT2D eigenvalue weighted by molar-refractivity contribution is 0.667. The molecule has 280 valence electrons. The normalized spacial score (nSPS) is 13.3. The lowest BCUT2D eigenvalue weighted by Crippen LogP contribution is -2.15. The minimum Gasteiger partial charge on any atom is -0.135 e. The summed E-state index contributed by atoms with van der Waals surface area (Å²) in [6.07, 6.45) is 0.